The van der Waals surface area contributed by atoms with Gasteiger partial charge < -0.3 is 14.5 Å². The highest BCUT2D eigenvalue weighted by Crippen LogP contribution is 2.25. The maximum Gasteiger partial charge on any atom is 0.275 e. The van der Waals surface area contributed by atoms with Crippen LogP contribution in [0, 0.1) is 0 Å². The molecule has 2 aromatic heterocycles. The minimum Gasteiger partial charge on any atom is -0.497 e. The molecule has 1 saturated heterocycles. The van der Waals surface area contributed by atoms with Crippen molar-refractivity contribution in [2.75, 3.05) is 13.7 Å². The average Bonchev–Trinajstić information content (AvgIpc) is 3.27. The molecule has 0 saturated carbocycles. The number of hydrogen-bond donors (Lipinski definition) is 1. The van der Waals surface area contributed by atoms with Crippen LogP contribution in [-0.2, 0) is 17.8 Å². The van der Waals surface area contributed by atoms with Gasteiger partial charge in [-0.2, -0.15) is 0 Å². The van der Waals surface area contributed by atoms with Crippen LogP contribution in [0.5, 0.6) is 5.75 Å². The van der Waals surface area contributed by atoms with Gasteiger partial charge in [-0.3, -0.25) is 19.1 Å². The third kappa shape index (κ3) is 6.45. The van der Waals surface area contributed by atoms with Crippen molar-refractivity contribution in [2.45, 2.75) is 90.9 Å². The van der Waals surface area contributed by atoms with Crippen molar-refractivity contribution < 1.29 is 9.53 Å². The summed E-state index contributed by atoms with van der Waals surface area (Å²) in [6.45, 7) is 9.63. The van der Waals surface area contributed by atoms with Gasteiger partial charge in [-0.05, 0) is 90.1 Å². The number of methoxy groups -OCH3 is 1. The first kappa shape index (κ1) is 27.0. The van der Waals surface area contributed by atoms with Crippen LogP contribution < -0.4 is 15.6 Å². The Hall–Kier alpha value is -3.06. The number of piperidine rings is 1. The topological polar surface area (TPSA) is 68.0 Å². The normalized spacial score (nSPS) is 18.4. The molecular weight excluding hydrogens is 464 g/mol. The molecule has 1 amide bonds. The first-order valence-corrected chi connectivity index (χ1v) is 13.7. The molecule has 2 atom stereocenters. The Bertz CT molecular complexity index is 1270. The Kier molecular flexibility index (Phi) is 8.75. The van der Waals surface area contributed by atoms with Crippen LogP contribution in [0.4, 0.5) is 0 Å². The molecule has 1 N–H and O–H groups in total. The standard InChI is InChI=1S/C30H42N4O3/c1-21(2)31-29(35)20-34-28(25-13-9-14-26(17-25)37-5)19-32-18-24(16-27(32)30(34)36)12-6-7-15-33-22(3)10-8-11-23(33)4/h9,13-14,16-19,21-23H,6-8,10-12,15,20H2,1-5H3,(H,31,35)/t22-,23-/m1/s1. The molecule has 0 aliphatic carbocycles. The lowest BCUT2D eigenvalue weighted by Crippen LogP contribution is -2.44. The minimum absolute atomic E-state index is 0.00279. The van der Waals surface area contributed by atoms with Crippen molar-refractivity contribution in [3.63, 3.8) is 0 Å². The van der Waals surface area contributed by atoms with E-state index >= 15 is 0 Å². The zero-order chi connectivity index (χ0) is 26.5. The second-order valence-corrected chi connectivity index (χ2v) is 10.8. The third-order valence-electron chi connectivity index (χ3n) is 7.55. The summed E-state index contributed by atoms with van der Waals surface area (Å²) >= 11 is 0. The Morgan fingerprint density at radius 2 is 1.86 bits per heavy atom. The van der Waals surface area contributed by atoms with E-state index in [1.807, 2.05) is 54.8 Å². The van der Waals surface area contributed by atoms with Crippen LogP contribution in [0.1, 0.15) is 65.4 Å². The number of benzene rings is 1. The van der Waals surface area contributed by atoms with Crippen molar-refractivity contribution >= 4 is 11.4 Å². The number of nitrogens with one attached hydrogen (secondary N) is 1. The second kappa shape index (κ2) is 12.0. The third-order valence-corrected chi connectivity index (χ3v) is 7.55. The molecule has 1 aliphatic heterocycles. The Balaban J connectivity index is 1.58. The quantitative estimate of drug-likeness (QED) is 0.398. The summed E-state index contributed by atoms with van der Waals surface area (Å²) in [5.74, 6) is 0.521. The first-order valence-electron chi connectivity index (χ1n) is 13.7. The van der Waals surface area contributed by atoms with Crippen LogP contribution in [0.25, 0.3) is 16.8 Å². The zero-order valence-corrected chi connectivity index (χ0v) is 23.0. The summed E-state index contributed by atoms with van der Waals surface area (Å²) in [4.78, 5) is 29.0. The van der Waals surface area contributed by atoms with Gasteiger partial charge in [0.1, 0.15) is 17.8 Å². The van der Waals surface area contributed by atoms with E-state index in [1.165, 1.54) is 19.3 Å². The number of hydrogen-bond acceptors (Lipinski definition) is 4. The van der Waals surface area contributed by atoms with Crippen LogP contribution in [0.3, 0.4) is 0 Å². The predicted molar refractivity (Wildman–Crippen MR) is 149 cm³/mol. The van der Waals surface area contributed by atoms with Crippen LogP contribution in [0.2, 0.25) is 0 Å². The van der Waals surface area contributed by atoms with Crippen molar-refractivity contribution in [3.05, 3.63) is 58.6 Å². The number of aryl methyl sites for hydroxylation is 1. The van der Waals surface area contributed by atoms with Gasteiger partial charge in [-0.1, -0.05) is 18.6 Å². The number of likely N-dealkylation sites (tertiary alicyclic amines) is 1. The maximum atomic E-state index is 13.6. The molecule has 7 heteroatoms. The van der Waals surface area contributed by atoms with Gasteiger partial charge in [0.15, 0.2) is 0 Å². The van der Waals surface area contributed by atoms with E-state index < -0.39 is 0 Å². The predicted octanol–water partition coefficient (Wildman–Crippen LogP) is 4.89. The summed E-state index contributed by atoms with van der Waals surface area (Å²) in [5.41, 5.74) is 3.10. The molecule has 0 spiro atoms. The van der Waals surface area contributed by atoms with Gasteiger partial charge in [-0.25, -0.2) is 0 Å². The van der Waals surface area contributed by atoms with E-state index in [9.17, 15) is 9.59 Å². The number of carbonyl (C=O) groups is 1. The summed E-state index contributed by atoms with van der Waals surface area (Å²) in [6.07, 6.45) is 11.1. The van der Waals surface area contributed by atoms with Crippen LogP contribution in [0.15, 0.2) is 47.5 Å². The highest BCUT2D eigenvalue weighted by atomic mass is 16.5. The maximum absolute atomic E-state index is 13.6. The molecule has 3 heterocycles. The molecule has 37 heavy (non-hydrogen) atoms. The van der Waals surface area contributed by atoms with E-state index in [0.29, 0.717) is 29.0 Å². The number of unbranched alkanes of at least 4 members (excludes halogenated alkanes) is 1. The highest BCUT2D eigenvalue weighted by Gasteiger charge is 2.23. The molecule has 0 radical (unpaired) electrons. The van der Waals surface area contributed by atoms with Gasteiger partial charge in [0, 0.05) is 36.1 Å². The monoisotopic (exact) mass is 506 g/mol. The van der Waals surface area contributed by atoms with E-state index in [1.54, 1.807) is 11.7 Å². The fourth-order valence-electron chi connectivity index (χ4n) is 5.62. The molecule has 0 bridgehead atoms. The molecule has 7 nitrogen and oxygen atoms in total. The Morgan fingerprint density at radius 1 is 1.11 bits per heavy atom. The lowest BCUT2D eigenvalue weighted by Gasteiger charge is -2.39. The number of aromatic nitrogens is 2. The summed E-state index contributed by atoms with van der Waals surface area (Å²) in [7, 11) is 1.62. The van der Waals surface area contributed by atoms with Gasteiger partial charge in [0.2, 0.25) is 5.91 Å². The second-order valence-electron chi connectivity index (χ2n) is 10.8. The van der Waals surface area contributed by atoms with Crippen molar-refractivity contribution in [1.82, 2.24) is 19.2 Å². The van der Waals surface area contributed by atoms with Gasteiger partial charge in [0.05, 0.1) is 12.8 Å². The smallest absolute Gasteiger partial charge is 0.275 e. The van der Waals surface area contributed by atoms with Gasteiger partial charge in [0.25, 0.3) is 5.56 Å². The SMILES string of the molecule is COc1cccc(-c2cn3cc(CCCCN4[C@H](C)CCC[C@H]4C)cc3c(=O)n2CC(=O)NC(C)C)c1. The van der Waals surface area contributed by atoms with Crippen LogP contribution >= 0.6 is 0 Å². The number of nitrogens with zero attached hydrogens (tertiary/aromatic N) is 3. The number of rotatable bonds is 10. The molecule has 200 valence electrons. The number of ether oxygens (including phenoxy) is 1. The lowest BCUT2D eigenvalue weighted by molar-refractivity contribution is -0.122. The van der Waals surface area contributed by atoms with Gasteiger partial charge in [-0.15, -0.1) is 0 Å². The first-order chi connectivity index (χ1) is 17.8. The fourth-order valence-corrected chi connectivity index (χ4v) is 5.62. The summed E-state index contributed by atoms with van der Waals surface area (Å²) in [5, 5.41) is 2.91. The number of amides is 1. The lowest BCUT2D eigenvalue weighted by atomic mass is 9.97. The zero-order valence-electron chi connectivity index (χ0n) is 23.0. The number of carbonyl (C=O) groups excluding carboxylic acids is 1. The molecule has 1 fully saturated rings. The average molecular weight is 507 g/mol. The van der Waals surface area contributed by atoms with Crippen molar-refractivity contribution in [2.24, 2.45) is 0 Å². The Morgan fingerprint density at radius 3 is 2.57 bits per heavy atom. The molecule has 3 aromatic rings. The Labute approximate surface area is 220 Å². The molecule has 1 aliphatic rings. The van der Waals surface area contributed by atoms with Crippen molar-refractivity contribution in [3.8, 4) is 17.0 Å². The van der Waals surface area contributed by atoms with E-state index in [0.717, 1.165) is 36.9 Å². The summed E-state index contributed by atoms with van der Waals surface area (Å²) < 4.78 is 8.90. The number of fused-ring (bicyclic) bond motifs is 1. The van der Waals surface area contributed by atoms with E-state index in [2.05, 4.69) is 30.3 Å². The highest BCUT2D eigenvalue weighted by molar-refractivity contribution is 5.77. The van der Waals surface area contributed by atoms with Crippen molar-refractivity contribution in [1.29, 1.82) is 0 Å². The molecule has 1 aromatic carbocycles. The minimum atomic E-state index is -0.182. The molecule has 4 rings (SSSR count). The van der Waals surface area contributed by atoms with E-state index in [-0.39, 0.29) is 24.1 Å². The van der Waals surface area contributed by atoms with E-state index in [4.69, 9.17) is 4.74 Å². The van der Waals surface area contributed by atoms with Crippen LogP contribution in [-0.4, -0.2) is 51.6 Å². The molecule has 0 unspecified atom stereocenters. The summed E-state index contributed by atoms with van der Waals surface area (Å²) in [6, 6.07) is 10.9. The molecular formula is C30H42N4O3. The fraction of sp³-hybridized carbons (Fsp3) is 0.533. The largest absolute Gasteiger partial charge is 0.497 e. The van der Waals surface area contributed by atoms with Gasteiger partial charge >= 0.3 is 0 Å².